The molecular weight excluding hydrogens is 220 g/mol. The first-order valence-corrected chi connectivity index (χ1v) is 5.42. The highest BCUT2D eigenvalue weighted by Gasteiger charge is 2.04. The molecule has 0 saturated heterocycles. The van der Waals surface area contributed by atoms with Crippen molar-refractivity contribution >= 4 is 28.9 Å². The van der Waals surface area contributed by atoms with Crippen molar-refractivity contribution in [1.29, 1.82) is 0 Å². The van der Waals surface area contributed by atoms with Crippen LogP contribution in [0.15, 0.2) is 24.8 Å². The Morgan fingerprint density at radius 3 is 3.00 bits per heavy atom. The van der Waals surface area contributed by atoms with Crippen molar-refractivity contribution in [2.45, 2.75) is 12.8 Å². The van der Waals surface area contributed by atoms with Crippen LogP contribution in [0.25, 0.3) is 0 Å². The van der Waals surface area contributed by atoms with Gasteiger partial charge in [-0.25, -0.2) is 0 Å². The lowest BCUT2D eigenvalue weighted by atomic mass is 10.3. The highest BCUT2D eigenvalue weighted by Crippen LogP contribution is 2.22. The van der Waals surface area contributed by atoms with Crippen LogP contribution < -0.4 is 0 Å². The van der Waals surface area contributed by atoms with Gasteiger partial charge >= 0.3 is 5.97 Å². The van der Waals surface area contributed by atoms with Crippen LogP contribution in [-0.4, -0.2) is 12.6 Å². The second kappa shape index (κ2) is 5.83. The van der Waals surface area contributed by atoms with Crippen LogP contribution in [0.2, 0.25) is 4.34 Å². The maximum atomic E-state index is 11.1. The van der Waals surface area contributed by atoms with Crippen LogP contribution in [0.3, 0.4) is 0 Å². The molecule has 2 nitrogen and oxygen atoms in total. The number of rotatable bonds is 5. The van der Waals surface area contributed by atoms with Crippen molar-refractivity contribution in [3.63, 3.8) is 0 Å². The molecule has 76 valence electrons. The van der Waals surface area contributed by atoms with Gasteiger partial charge in [0.1, 0.15) is 6.61 Å². The number of hydrogen-bond acceptors (Lipinski definition) is 3. The molecule has 0 amide bonds. The van der Waals surface area contributed by atoms with Gasteiger partial charge in [0.05, 0.1) is 10.8 Å². The van der Waals surface area contributed by atoms with E-state index >= 15 is 0 Å². The van der Waals surface area contributed by atoms with Crippen LogP contribution >= 0.6 is 22.9 Å². The molecule has 0 atom stereocenters. The number of carbonyl (C=O) groups is 1. The Kier molecular flexibility index (Phi) is 4.70. The summed E-state index contributed by atoms with van der Waals surface area (Å²) in [7, 11) is 0. The summed E-state index contributed by atoms with van der Waals surface area (Å²) in [6, 6.07) is 3.75. The summed E-state index contributed by atoms with van der Waals surface area (Å²) in [5.41, 5.74) is 0. The second-order valence-corrected chi connectivity index (χ2v) is 4.48. The molecule has 1 aromatic heterocycles. The van der Waals surface area contributed by atoms with E-state index in [1.807, 2.05) is 12.1 Å². The quantitative estimate of drug-likeness (QED) is 0.574. The van der Waals surface area contributed by atoms with Gasteiger partial charge in [-0.2, -0.15) is 0 Å². The molecular formula is C10H11ClO2S. The van der Waals surface area contributed by atoms with Gasteiger partial charge in [-0.3, -0.25) is 4.79 Å². The average Bonchev–Trinajstić information content (AvgIpc) is 2.58. The zero-order valence-electron chi connectivity index (χ0n) is 7.66. The molecule has 0 fully saturated rings. The molecule has 0 N–H and O–H groups in total. The Labute approximate surface area is 92.2 Å². The van der Waals surface area contributed by atoms with E-state index in [1.54, 1.807) is 6.08 Å². The summed E-state index contributed by atoms with van der Waals surface area (Å²) in [6.45, 7) is 3.74. The molecule has 0 aliphatic heterocycles. The molecule has 1 rings (SSSR count). The van der Waals surface area contributed by atoms with Crippen molar-refractivity contribution in [2.24, 2.45) is 0 Å². The monoisotopic (exact) mass is 230 g/mol. The van der Waals surface area contributed by atoms with Crippen molar-refractivity contribution in [3.05, 3.63) is 34.0 Å². The lowest BCUT2D eigenvalue weighted by molar-refractivity contribution is -0.142. The molecule has 0 unspecified atom stereocenters. The van der Waals surface area contributed by atoms with Crippen molar-refractivity contribution in [2.75, 3.05) is 6.61 Å². The lowest BCUT2D eigenvalue weighted by Crippen LogP contribution is -2.04. The van der Waals surface area contributed by atoms with Crippen molar-refractivity contribution in [1.82, 2.24) is 0 Å². The van der Waals surface area contributed by atoms with Gasteiger partial charge in [0.2, 0.25) is 0 Å². The molecule has 0 radical (unpaired) electrons. The van der Waals surface area contributed by atoms with Gasteiger partial charge in [0, 0.05) is 4.88 Å². The number of ether oxygens (including phenoxy) is 1. The van der Waals surface area contributed by atoms with Gasteiger partial charge in [0.25, 0.3) is 0 Å². The minimum absolute atomic E-state index is 0.200. The smallest absolute Gasteiger partial charge is 0.306 e. The van der Waals surface area contributed by atoms with Crippen LogP contribution in [-0.2, 0) is 16.0 Å². The first-order chi connectivity index (χ1) is 6.72. The summed E-state index contributed by atoms with van der Waals surface area (Å²) < 4.78 is 5.58. The fourth-order valence-electron chi connectivity index (χ4n) is 0.935. The fraction of sp³-hybridized carbons (Fsp3) is 0.300. The third-order valence-corrected chi connectivity index (χ3v) is 2.86. The first kappa shape index (κ1) is 11.3. The van der Waals surface area contributed by atoms with Gasteiger partial charge in [-0.1, -0.05) is 24.3 Å². The molecule has 0 bridgehead atoms. The first-order valence-electron chi connectivity index (χ1n) is 4.23. The van der Waals surface area contributed by atoms with Crippen molar-refractivity contribution in [3.8, 4) is 0 Å². The number of esters is 1. The van der Waals surface area contributed by atoms with Crippen LogP contribution in [0.4, 0.5) is 0 Å². The zero-order valence-corrected chi connectivity index (χ0v) is 9.24. The molecule has 0 aromatic carbocycles. The summed E-state index contributed by atoms with van der Waals surface area (Å²) >= 11 is 7.24. The molecule has 1 aromatic rings. The Morgan fingerprint density at radius 2 is 2.43 bits per heavy atom. The number of halogens is 1. The highest BCUT2D eigenvalue weighted by molar-refractivity contribution is 7.16. The predicted molar refractivity (Wildman–Crippen MR) is 58.8 cm³/mol. The molecule has 0 saturated carbocycles. The molecule has 0 spiro atoms. The number of thiophene rings is 1. The zero-order chi connectivity index (χ0) is 10.4. The number of aryl methyl sites for hydroxylation is 1. The topological polar surface area (TPSA) is 26.3 Å². The second-order valence-electron chi connectivity index (χ2n) is 2.68. The van der Waals surface area contributed by atoms with Crippen LogP contribution in [0.1, 0.15) is 11.3 Å². The summed E-state index contributed by atoms with van der Waals surface area (Å²) in [5.74, 6) is -0.200. The number of carbonyl (C=O) groups excluding carboxylic acids is 1. The standard InChI is InChI=1S/C10H11ClO2S/c1-2-7-13-10(12)6-4-8-3-5-9(11)14-8/h2-3,5H,1,4,6-7H2. The Balaban J connectivity index is 2.26. The van der Waals surface area contributed by atoms with E-state index in [9.17, 15) is 4.79 Å². The van der Waals surface area contributed by atoms with Gasteiger partial charge in [-0.05, 0) is 18.6 Å². The van der Waals surface area contributed by atoms with E-state index in [0.29, 0.717) is 12.8 Å². The molecule has 4 heteroatoms. The summed E-state index contributed by atoms with van der Waals surface area (Å²) in [4.78, 5) is 12.2. The Morgan fingerprint density at radius 1 is 1.64 bits per heavy atom. The van der Waals surface area contributed by atoms with E-state index in [2.05, 4.69) is 6.58 Å². The SMILES string of the molecule is C=CCOC(=O)CCc1ccc(Cl)s1. The van der Waals surface area contributed by atoms with E-state index in [4.69, 9.17) is 16.3 Å². The third kappa shape index (κ3) is 3.94. The van der Waals surface area contributed by atoms with E-state index in [-0.39, 0.29) is 12.6 Å². The minimum atomic E-state index is -0.200. The third-order valence-electron chi connectivity index (χ3n) is 1.57. The normalized spacial score (nSPS) is 9.79. The highest BCUT2D eigenvalue weighted by atomic mass is 35.5. The fourth-order valence-corrected chi connectivity index (χ4v) is 2.02. The predicted octanol–water partition coefficient (Wildman–Crippen LogP) is 3.06. The average molecular weight is 231 g/mol. The lowest BCUT2D eigenvalue weighted by Gasteiger charge is -1.99. The minimum Gasteiger partial charge on any atom is -0.461 e. The van der Waals surface area contributed by atoms with E-state index < -0.39 is 0 Å². The Hall–Kier alpha value is -0.800. The maximum absolute atomic E-state index is 11.1. The molecule has 0 aliphatic carbocycles. The summed E-state index contributed by atoms with van der Waals surface area (Å²) in [6.07, 6.45) is 2.64. The largest absolute Gasteiger partial charge is 0.461 e. The molecule has 14 heavy (non-hydrogen) atoms. The summed E-state index contributed by atoms with van der Waals surface area (Å²) in [5, 5.41) is 0. The molecule has 1 heterocycles. The maximum Gasteiger partial charge on any atom is 0.306 e. The van der Waals surface area contributed by atoms with Gasteiger partial charge < -0.3 is 4.74 Å². The van der Waals surface area contributed by atoms with E-state index in [0.717, 1.165) is 9.21 Å². The van der Waals surface area contributed by atoms with Gasteiger partial charge in [-0.15, -0.1) is 11.3 Å². The van der Waals surface area contributed by atoms with Crippen molar-refractivity contribution < 1.29 is 9.53 Å². The van der Waals surface area contributed by atoms with Crippen LogP contribution in [0.5, 0.6) is 0 Å². The molecule has 0 aliphatic rings. The number of hydrogen-bond donors (Lipinski definition) is 0. The van der Waals surface area contributed by atoms with Crippen LogP contribution in [0, 0.1) is 0 Å². The Bertz CT molecular complexity index is 320. The van der Waals surface area contributed by atoms with Gasteiger partial charge in [0.15, 0.2) is 0 Å². The van der Waals surface area contributed by atoms with E-state index in [1.165, 1.54) is 11.3 Å².